The summed E-state index contributed by atoms with van der Waals surface area (Å²) in [7, 11) is 0. The molecule has 1 N–H and O–H groups in total. The minimum atomic E-state index is -0.744. The molecule has 0 aromatic heterocycles. The first-order chi connectivity index (χ1) is 11.9. The van der Waals surface area contributed by atoms with E-state index in [2.05, 4.69) is 26.5 Å². The largest absolute Gasteiger partial charge is 0.867 e. The van der Waals surface area contributed by atoms with E-state index >= 15 is 0 Å². The van der Waals surface area contributed by atoms with E-state index in [0.29, 0.717) is 22.3 Å². The lowest BCUT2D eigenvalue weighted by Crippen LogP contribution is -2.04. The fraction of sp³-hybridized carbons (Fsp3) is 0.125. The number of hydrazone groups is 1. The highest BCUT2D eigenvalue weighted by atomic mass is 79.9. The number of esters is 1. The number of ether oxygens (including phenoxy) is 1. The summed E-state index contributed by atoms with van der Waals surface area (Å²) in [6, 6.07) is 8.94. The number of nitro groups is 1. The van der Waals surface area contributed by atoms with Crippen molar-refractivity contribution in [3.63, 3.8) is 0 Å². The summed E-state index contributed by atoms with van der Waals surface area (Å²) in [5.41, 5.74) is 3.19. The van der Waals surface area contributed by atoms with Gasteiger partial charge in [-0.25, -0.2) is 4.79 Å². The zero-order valence-electron chi connectivity index (χ0n) is 13.1. The maximum atomic E-state index is 12.0. The SMILES string of the molecule is CCOC(=O)c1ccc(N/N=C\c2cc(Br)cc([N+](=O)[O-])c2[O-])cc1. The summed E-state index contributed by atoms with van der Waals surface area (Å²) in [5.74, 6) is -1.15. The Hall–Kier alpha value is -2.94. The third-order valence-corrected chi connectivity index (χ3v) is 3.51. The number of hydrogen-bond donors (Lipinski definition) is 1. The first kappa shape index (κ1) is 18.4. The first-order valence-corrected chi connectivity index (χ1v) is 7.93. The highest BCUT2D eigenvalue weighted by molar-refractivity contribution is 9.10. The van der Waals surface area contributed by atoms with Gasteiger partial charge in [-0.05, 0) is 48.6 Å². The Morgan fingerprint density at radius 2 is 2.04 bits per heavy atom. The summed E-state index contributed by atoms with van der Waals surface area (Å²) in [5, 5.41) is 26.7. The topological polar surface area (TPSA) is 117 Å². The van der Waals surface area contributed by atoms with Crippen molar-refractivity contribution in [3.05, 3.63) is 62.1 Å². The van der Waals surface area contributed by atoms with Crippen molar-refractivity contribution in [1.82, 2.24) is 0 Å². The summed E-state index contributed by atoms with van der Waals surface area (Å²) in [4.78, 5) is 21.6. The van der Waals surface area contributed by atoms with Crippen molar-refractivity contribution < 1.29 is 19.6 Å². The fourth-order valence-electron chi connectivity index (χ4n) is 1.90. The van der Waals surface area contributed by atoms with Crippen LogP contribution in [-0.4, -0.2) is 23.7 Å². The highest BCUT2D eigenvalue weighted by Gasteiger charge is 2.11. The second kappa shape index (κ2) is 8.25. The van der Waals surface area contributed by atoms with Gasteiger partial charge in [0.15, 0.2) is 0 Å². The lowest BCUT2D eigenvalue weighted by molar-refractivity contribution is -0.398. The molecule has 0 atom stereocenters. The summed E-state index contributed by atoms with van der Waals surface area (Å²) >= 11 is 3.12. The molecular formula is C16H13BrN3O5-. The van der Waals surface area contributed by atoms with Crippen LogP contribution in [0.25, 0.3) is 0 Å². The first-order valence-electron chi connectivity index (χ1n) is 7.13. The molecule has 0 aliphatic rings. The van der Waals surface area contributed by atoms with Gasteiger partial charge in [0.05, 0.1) is 29.0 Å². The predicted molar refractivity (Wildman–Crippen MR) is 93.9 cm³/mol. The molecule has 0 heterocycles. The Morgan fingerprint density at radius 3 is 2.64 bits per heavy atom. The zero-order valence-corrected chi connectivity index (χ0v) is 14.6. The number of carbonyl (C=O) groups excluding carboxylic acids is 1. The minimum Gasteiger partial charge on any atom is -0.867 e. The molecule has 2 aromatic rings. The molecule has 0 aliphatic carbocycles. The van der Waals surface area contributed by atoms with Crippen molar-refractivity contribution >= 4 is 39.5 Å². The molecule has 2 rings (SSSR count). The second-order valence-electron chi connectivity index (χ2n) is 4.77. The maximum Gasteiger partial charge on any atom is 0.338 e. The van der Waals surface area contributed by atoms with Crippen LogP contribution in [0.5, 0.6) is 5.75 Å². The van der Waals surface area contributed by atoms with Gasteiger partial charge in [-0.15, -0.1) is 0 Å². The normalized spacial score (nSPS) is 10.6. The zero-order chi connectivity index (χ0) is 18.4. The lowest BCUT2D eigenvalue weighted by Gasteiger charge is -2.11. The van der Waals surface area contributed by atoms with Crippen LogP contribution in [0.2, 0.25) is 0 Å². The van der Waals surface area contributed by atoms with Crippen LogP contribution in [0.15, 0.2) is 46.0 Å². The molecule has 9 heteroatoms. The molecule has 0 amide bonds. The van der Waals surface area contributed by atoms with Crippen LogP contribution in [0.1, 0.15) is 22.8 Å². The Kier molecular flexibility index (Phi) is 6.07. The lowest BCUT2D eigenvalue weighted by atomic mass is 10.2. The number of halogens is 1. The molecular weight excluding hydrogens is 394 g/mol. The average molecular weight is 407 g/mol. The van der Waals surface area contributed by atoms with Crippen molar-refractivity contribution in [2.24, 2.45) is 5.10 Å². The second-order valence-corrected chi connectivity index (χ2v) is 5.68. The van der Waals surface area contributed by atoms with Crippen LogP contribution >= 0.6 is 15.9 Å². The van der Waals surface area contributed by atoms with E-state index in [1.807, 2.05) is 0 Å². The van der Waals surface area contributed by atoms with E-state index in [4.69, 9.17) is 4.74 Å². The molecule has 25 heavy (non-hydrogen) atoms. The van der Waals surface area contributed by atoms with Crippen LogP contribution in [0.4, 0.5) is 11.4 Å². The molecule has 0 spiro atoms. The number of carbonyl (C=O) groups is 1. The van der Waals surface area contributed by atoms with Crippen molar-refractivity contribution in [1.29, 1.82) is 0 Å². The Bertz CT molecular complexity index is 821. The number of benzene rings is 2. The molecule has 0 saturated carbocycles. The van der Waals surface area contributed by atoms with Gasteiger partial charge in [0.1, 0.15) is 0 Å². The third kappa shape index (κ3) is 4.77. The van der Waals surface area contributed by atoms with Gasteiger partial charge >= 0.3 is 5.97 Å². The molecule has 130 valence electrons. The van der Waals surface area contributed by atoms with E-state index in [1.54, 1.807) is 31.2 Å². The van der Waals surface area contributed by atoms with E-state index in [-0.39, 0.29) is 5.56 Å². The third-order valence-electron chi connectivity index (χ3n) is 3.05. The molecule has 0 fully saturated rings. The molecule has 0 aliphatic heterocycles. The monoisotopic (exact) mass is 406 g/mol. The number of nitro benzene ring substituents is 1. The number of nitrogens with zero attached hydrogens (tertiary/aromatic N) is 2. The van der Waals surface area contributed by atoms with Gasteiger partial charge in [0.2, 0.25) is 0 Å². The van der Waals surface area contributed by atoms with Gasteiger partial charge in [0.25, 0.3) is 5.69 Å². The summed E-state index contributed by atoms with van der Waals surface area (Å²) in [6.45, 7) is 2.01. The maximum absolute atomic E-state index is 12.0. The highest BCUT2D eigenvalue weighted by Crippen LogP contribution is 2.30. The average Bonchev–Trinajstić information content (AvgIpc) is 2.58. The Morgan fingerprint density at radius 1 is 1.36 bits per heavy atom. The van der Waals surface area contributed by atoms with E-state index in [1.165, 1.54) is 12.3 Å². The fourth-order valence-corrected chi connectivity index (χ4v) is 2.37. The van der Waals surface area contributed by atoms with Crippen LogP contribution in [0.3, 0.4) is 0 Å². The smallest absolute Gasteiger partial charge is 0.338 e. The molecule has 8 nitrogen and oxygen atoms in total. The van der Waals surface area contributed by atoms with Crippen molar-refractivity contribution in [2.45, 2.75) is 6.92 Å². The summed E-state index contributed by atoms with van der Waals surface area (Å²) in [6.07, 6.45) is 1.19. The van der Waals surface area contributed by atoms with Crippen LogP contribution < -0.4 is 10.5 Å². The van der Waals surface area contributed by atoms with Crippen molar-refractivity contribution in [2.75, 3.05) is 12.0 Å². The quantitative estimate of drug-likeness (QED) is 0.341. The number of hydrogen-bond acceptors (Lipinski definition) is 7. The molecule has 0 bridgehead atoms. The minimum absolute atomic E-state index is 0.0664. The molecule has 0 unspecified atom stereocenters. The van der Waals surface area contributed by atoms with Gasteiger partial charge in [-0.1, -0.05) is 15.9 Å². The van der Waals surface area contributed by atoms with Gasteiger partial charge < -0.3 is 9.84 Å². The van der Waals surface area contributed by atoms with E-state index in [0.717, 1.165) is 6.07 Å². The van der Waals surface area contributed by atoms with E-state index < -0.39 is 22.3 Å². The van der Waals surface area contributed by atoms with Gasteiger partial charge in [-0.3, -0.25) is 15.5 Å². The summed E-state index contributed by atoms with van der Waals surface area (Å²) < 4.78 is 5.28. The molecule has 0 radical (unpaired) electrons. The number of nitrogens with one attached hydrogen (secondary N) is 1. The predicted octanol–water partition coefficient (Wildman–Crippen LogP) is 3.05. The Balaban J connectivity index is 2.11. The standard InChI is InChI=1S/C16H14BrN3O5/c1-2-25-16(22)10-3-5-13(6-4-10)19-18-9-11-7-12(17)8-14(15(11)21)20(23)24/h3-9,19,21H,2H2,1H3/p-1/b18-9-. The van der Waals surface area contributed by atoms with Crippen LogP contribution in [0, 0.1) is 10.1 Å². The van der Waals surface area contributed by atoms with Crippen molar-refractivity contribution in [3.8, 4) is 5.75 Å². The van der Waals surface area contributed by atoms with E-state index in [9.17, 15) is 20.0 Å². The Labute approximate surface area is 151 Å². The van der Waals surface area contributed by atoms with Gasteiger partial charge in [0, 0.05) is 10.5 Å². The van der Waals surface area contributed by atoms with Crippen LogP contribution in [-0.2, 0) is 4.74 Å². The number of rotatable bonds is 6. The van der Waals surface area contributed by atoms with Gasteiger partial charge in [-0.2, -0.15) is 5.10 Å². The molecule has 2 aromatic carbocycles. The molecule has 0 saturated heterocycles. The number of anilines is 1.